The van der Waals surface area contributed by atoms with Crippen LogP contribution < -0.4 is 17.0 Å². The number of nitrogens with two attached hydrogens (primary N) is 1. The van der Waals surface area contributed by atoms with Crippen LogP contribution in [0.15, 0.2) is 33.9 Å². The Kier molecular flexibility index (Phi) is 6.93. The first-order valence-electron chi connectivity index (χ1n) is 9.06. The topological polar surface area (TPSA) is 140 Å². The van der Waals surface area contributed by atoms with Crippen LogP contribution in [0, 0.1) is 5.92 Å². The van der Waals surface area contributed by atoms with E-state index in [0.717, 1.165) is 9.13 Å². The van der Waals surface area contributed by atoms with Crippen molar-refractivity contribution in [3.05, 3.63) is 61.8 Å². The minimum Gasteiger partial charge on any atom is -0.465 e. The molecule has 0 aliphatic rings. The van der Waals surface area contributed by atoms with Gasteiger partial charge in [0.05, 0.1) is 18.2 Å². The summed E-state index contributed by atoms with van der Waals surface area (Å²) in [5, 5.41) is 0. The van der Waals surface area contributed by atoms with E-state index in [1.807, 2.05) is 13.8 Å². The Labute approximate surface area is 171 Å². The average molecular weight is 417 g/mol. The third-order valence-corrected chi connectivity index (χ3v) is 4.29. The first kappa shape index (κ1) is 22.6. The van der Waals surface area contributed by atoms with E-state index in [0.29, 0.717) is 0 Å². The summed E-state index contributed by atoms with van der Waals surface area (Å²) < 4.78 is 11.5. The highest BCUT2D eigenvalue weighted by molar-refractivity contribution is 6.02. The molecule has 0 aliphatic carbocycles. The lowest BCUT2D eigenvalue weighted by Crippen LogP contribution is -2.43. The highest BCUT2D eigenvalue weighted by Crippen LogP contribution is 2.11. The molecule has 0 atom stereocenters. The lowest BCUT2D eigenvalue weighted by atomic mass is 10.1. The van der Waals surface area contributed by atoms with E-state index in [2.05, 4.69) is 4.74 Å². The quantitative estimate of drug-likeness (QED) is 0.510. The zero-order valence-electron chi connectivity index (χ0n) is 17.1. The van der Waals surface area contributed by atoms with Crippen molar-refractivity contribution in [1.29, 1.82) is 0 Å². The second-order valence-electron chi connectivity index (χ2n) is 6.98. The molecule has 0 bridgehead atoms. The Morgan fingerprint density at radius 3 is 2.07 bits per heavy atom. The van der Waals surface area contributed by atoms with Crippen molar-refractivity contribution in [2.75, 3.05) is 19.5 Å². The molecule has 0 aliphatic heterocycles. The van der Waals surface area contributed by atoms with Crippen LogP contribution in [0.25, 0.3) is 0 Å². The summed E-state index contributed by atoms with van der Waals surface area (Å²) in [6.07, 6.45) is 0. The molecule has 10 nitrogen and oxygen atoms in total. The largest absolute Gasteiger partial charge is 0.465 e. The molecule has 160 valence electrons. The summed E-state index contributed by atoms with van der Waals surface area (Å²) in [5.41, 5.74) is 4.36. The van der Waals surface area contributed by atoms with Crippen LogP contribution in [-0.2, 0) is 23.1 Å². The van der Waals surface area contributed by atoms with Gasteiger partial charge in [0.25, 0.3) is 5.56 Å². The van der Waals surface area contributed by atoms with E-state index in [4.69, 9.17) is 10.5 Å². The van der Waals surface area contributed by atoms with Crippen LogP contribution >= 0.6 is 0 Å². The number of nitrogen functional groups attached to an aromatic ring is 1. The summed E-state index contributed by atoms with van der Waals surface area (Å²) in [4.78, 5) is 60.8. The number of Topliss-reactive ketones (excluding diaryl/α,β-unsaturated/α-hetero) is 1. The molecule has 1 aromatic heterocycles. The van der Waals surface area contributed by atoms with Gasteiger partial charge >= 0.3 is 17.6 Å². The van der Waals surface area contributed by atoms with Crippen LogP contribution in [0.2, 0.25) is 0 Å². The number of carbonyl (C=O) groups excluding carboxylic acids is 3. The second-order valence-corrected chi connectivity index (χ2v) is 6.98. The zero-order valence-corrected chi connectivity index (χ0v) is 17.1. The van der Waals surface area contributed by atoms with Gasteiger partial charge < -0.3 is 15.2 Å². The molecule has 0 saturated heterocycles. The molecule has 1 aromatic carbocycles. The van der Waals surface area contributed by atoms with Crippen LogP contribution in [0.5, 0.6) is 0 Å². The van der Waals surface area contributed by atoms with Gasteiger partial charge in [0.2, 0.25) is 5.78 Å². The number of ketones is 1. The van der Waals surface area contributed by atoms with Gasteiger partial charge in [0, 0.05) is 13.6 Å². The molecule has 0 radical (unpaired) electrons. The van der Waals surface area contributed by atoms with Crippen molar-refractivity contribution in [1.82, 2.24) is 9.13 Å². The minimum atomic E-state index is -0.860. The van der Waals surface area contributed by atoms with Crippen LogP contribution in [0.4, 0.5) is 5.82 Å². The Balaban J connectivity index is 2.23. The summed E-state index contributed by atoms with van der Waals surface area (Å²) in [6, 6.07) is 5.43. The van der Waals surface area contributed by atoms with E-state index >= 15 is 0 Å². The molecule has 0 unspecified atom stereocenters. The smallest absolute Gasteiger partial charge is 0.338 e. The van der Waals surface area contributed by atoms with E-state index in [-0.39, 0.29) is 29.4 Å². The first-order valence-corrected chi connectivity index (χ1v) is 9.06. The number of ether oxygens (including phenoxy) is 2. The van der Waals surface area contributed by atoms with Crippen LogP contribution in [0.1, 0.15) is 44.9 Å². The number of nitrogens with zero attached hydrogens (tertiary/aromatic N) is 2. The van der Waals surface area contributed by atoms with Gasteiger partial charge in [-0.05, 0) is 30.2 Å². The molecule has 2 aromatic rings. The van der Waals surface area contributed by atoms with Gasteiger partial charge in [-0.15, -0.1) is 0 Å². The van der Waals surface area contributed by atoms with Crippen molar-refractivity contribution in [3.63, 3.8) is 0 Å². The maximum Gasteiger partial charge on any atom is 0.338 e. The minimum absolute atomic E-state index is 0.0382. The van der Waals surface area contributed by atoms with E-state index in [1.54, 1.807) is 0 Å². The number of hydrogen-bond acceptors (Lipinski definition) is 8. The number of carbonyl (C=O) groups is 3. The van der Waals surface area contributed by atoms with Gasteiger partial charge in [-0.2, -0.15) is 0 Å². The molecule has 0 saturated carbocycles. The fraction of sp³-hybridized carbons (Fsp3) is 0.350. The van der Waals surface area contributed by atoms with Crippen LogP contribution in [0.3, 0.4) is 0 Å². The Hall–Kier alpha value is -3.69. The Bertz CT molecular complexity index is 1100. The SMILES string of the molecule is COC(=O)c1ccc(C(=O)OCC(=O)c2c(N)n(CC(C)C)c(=O)n(C)c2=O)cc1. The van der Waals surface area contributed by atoms with Crippen molar-refractivity contribution in [2.45, 2.75) is 20.4 Å². The highest BCUT2D eigenvalue weighted by Gasteiger charge is 2.23. The van der Waals surface area contributed by atoms with E-state index < -0.39 is 41.1 Å². The highest BCUT2D eigenvalue weighted by atomic mass is 16.5. The molecule has 0 spiro atoms. The number of rotatable bonds is 7. The fourth-order valence-electron chi connectivity index (χ4n) is 2.73. The average Bonchev–Trinajstić information content (AvgIpc) is 2.73. The number of esters is 2. The van der Waals surface area contributed by atoms with Crippen molar-refractivity contribution in [2.24, 2.45) is 13.0 Å². The number of methoxy groups -OCH3 is 1. The lowest BCUT2D eigenvalue weighted by molar-refractivity contribution is 0.0473. The normalized spacial score (nSPS) is 10.7. The third kappa shape index (κ3) is 4.65. The third-order valence-electron chi connectivity index (χ3n) is 4.29. The maximum absolute atomic E-state index is 12.6. The fourth-order valence-corrected chi connectivity index (χ4v) is 2.73. The number of anilines is 1. The number of benzene rings is 1. The zero-order chi connectivity index (χ0) is 22.6. The van der Waals surface area contributed by atoms with Gasteiger partial charge in [0.15, 0.2) is 6.61 Å². The van der Waals surface area contributed by atoms with Crippen molar-refractivity contribution in [3.8, 4) is 0 Å². The molecule has 1 heterocycles. The second kappa shape index (κ2) is 9.21. The molecule has 10 heteroatoms. The van der Waals surface area contributed by atoms with Crippen molar-refractivity contribution >= 4 is 23.5 Å². The summed E-state index contributed by atoms with van der Waals surface area (Å²) in [6.45, 7) is 3.18. The molecule has 30 heavy (non-hydrogen) atoms. The molecular formula is C20H23N3O7. The molecule has 2 N–H and O–H groups in total. The number of hydrogen-bond donors (Lipinski definition) is 1. The van der Waals surface area contributed by atoms with Gasteiger partial charge in [0.1, 0.15) is 11.4 Å². The number of aromatic nitrogens is 2. The Morgan fingerprint density at radius 1 is 1.03 bits per heavy atom. The molecule has 0 fully saturated rings. The van der Waals surface area contributed by atoms with E-state index in [1.165, 1.54) is 38.4 Å². The van der Waals surface area contributed by atoms with Gasteiger partial charge in [-0.1, -0.05) is 13.8 Å². The van der Waals surface area contributed by atoms with Gasteiger partial charge in [-0.25, -0.2) is 14.4 Å². The lowest BCUT2D eigenvalue weighted by Gasteiger charge is -2.16. The predicted octanol–water partition coefficient (Wildman–Crippen LogP) is 0.612. The van der Waals surface area contributed by atoms with Gasteiger partial charge in [-0.3, -0.25) is 18.7 Å². The summed E-state index contributed by atoms with van der Waals surface area (Å²) in [7, 11) is 2.48. The summed E-state index contributed by atoms with van der Waals surface area (Å²) >= 11 is 0. The predicted molar refractivity (Wildman–Crippen MR) is 108 cm³/mol. The molecule has 0 amide bonds. The first-order chi connectivity index (χ1) is 14.1. The molecular weight excluding hydrogens is 394 g/mol. The van der Waals surface area contributed by atoms with Crippen LogP contribution in [-0.4, -0.2) is 40.6 Å². The monoisotopic (exact) mass is 417 g/mol. The summed E-state index contributed by atoms with van der Waals surface area (Å²) in [5.74, 6) is -2.44. The maximum atomic E-state index is 12.6. The standard InChI is InChI=1S/C20H23N3O7/c1-11(2)9-23-16(21)15(17(25)22(3)20(23)28)14(24)10-30-19(27)13-7-5-12(6-8-13)18(26)29-4/h5-8,11H,9-10,21H2,1-4H3. The van der Waals surface area contributed by atoms with E-state index in [9.17, 15) is 24.0 Å². The molecule has 2 rings (SSSR count). The Morgan fingerprint density at radius 2 is 1.57 bits per heavy atom. The van der Waals surface area contributed by atoms with Crippen molar-refractivity contribution < 1.29 is 23.9 Å².